The van der Waals surface area contributed by atoms with E-state index >= 15 is 0 Å². The summed E-state index contributed by atoms with van der Waals surface area (Å²) in [6.45, 7) is 5.22. The van der Waals surface area contributed by atoms with Crippen LogP contribution in [-0.2, 0) is 38.4 Å². The van der Waals surface area contributed by atoms with Crippen LogP contribution in [0.2, 0.25) is 0 Å². The minimum Gasteiger partial charge on any atom is -0.444 e. The third-order valence-electron chi connectivity index (χ3n) is 7.41. The molecule has 2 heterocycles. The predicted octanol–water partition coefficient (Wildman–Crippen LogP) is 4.42. The number of nitrogens with two attached hydrogens (primary N) is 1. The number of pyridine rings is 1. The molecule has 4 rings (SSSR count). The fourth-order valence-electron chi connectivity index (χ4n) is 5.16. The molecule has 236 valence electrons. The Morgan fingerprint density at radius 1 is 0.889 bits per heavy atom. The molecule has 0 spiro atoms. The van der Waals surface area contributed by atoms with Crippen LogP contribution in [-0.4, -0.2) is 51.3 Å². The second-order valence-corrected chi connectivity index (χ2v) is 12.1. The van der Waals surface area contributed by atoms with Crippen molar-refractivity contribution in [3.8, 4) is 0 Å². The Morgan fingerprint density at radius 3 is 2.29 bits per heavy atom. The second kappa shape index (κ2) is 15.1. The number of nitrogens with zero attached hydrogens (tertiary/aromatic N) is 1. The van der Waals surface area contributed by atoms with Gasteiger partial charge in [0, 0.05) is 47.8 Å². The number of alkyl carbamates (subject to hydrolysis) is 1. The lowest BCUT2D eigenvalue weighted by atomic mass is 9.90. The Kier molecular flexibility index (Phi) is 11.1. The average Bonchev–Trinajstić information content (AvgIpc) is 3.41. The number of benzene rings is 2. The van der Waals surface area contributed by atoms with Crippen LogP contribution in [0.3, 0.4) is 0 Å². The minimum absolute atomic E-state index is 0.176. The molecule has 3 atom stereocenters. The lowest BCUT2D eigenvalue weighted by molar-refractivity contribution is -0.132. The van der Waals surface area contributed by atoms with E-state index in [1.54, 1.807) is 39.2 Å². The van der Waals surface area contributed by atoms with E-state index < -0.39 is 41.5 Å². The predicted molar refractivity (Wildman–Crippen MR) is 172 cm³/mol. The van der Waals surface area contributed by atoms with Crippen molar-refractivity contribution in [2.24, 2.45) is 11.7 Å². The number of aromatic nitrogens is 2. The Hall–Kier alpha value is -4.99. The zero-order valence-corrected chi connectivity index (χ0v) is 25.9. The molecule has 2 aromatic heterocycles. The normalized spacial score (nSPS) is 13.4. The highest BCUT2D eigenvalue weighted by atomic mass is 16.6. The molecular weight excluding hydrogens is 570 g/mol. The van der Waals surface area contributed by atoms with Crippen molar-refractivity contribution < 1.29 is 23.9 Å². The van der Waals surface area contributed by atoms with Gasteiger partial charge in [0.25, 0.3) is 0 Å². The quantitative estimate of drug-likeness (QED) is 0.165. The van der Waals surface area contributed by atoms with Crippen LogP contribution in [0.1, 0.15) is 50.4 Å². The molecule has 3 amide bonds. The van der Waals surface area contributed by atoms with E-state index in [2.05, 4.69) is 20.6 Å². The van der Waals surface area contributed by atoms with E-state index in [0.29, 0.717) is 6.42 Å². The Bertz CT molecular complexity index is 1600. The number of ketones is 1. The zero-order valence-electron chi connectivity index (χ0n) is 25.9. The number of para-hydroxylation sites is 1. The number of aryl methyl sites for hydroxylation is 1. The van der Waals surface area contributed by atoms with E-state index in [-0.39, 0.29) is 31.5 Å². The Balaban J connectivity index is 1.54. The lowest BCUT2D eigenvalue weighted by Gasteiger charge is -2.25. The summed E-state index contributed by atoms with van der Waals surface area (Å²) in [7, 11) is 0. The van der Waals surface area contributed by atoms with Gasteiger partial charge in [0.05, 0.1) is 6.04 Å². The van der Waals surface area contributed by atoms with Crippen LogP contribution in [0.25, 0.3) is 10.9 Å². The number of amides is 3. The van der Waals surface area contributed by atoms with Crippen LogP contribution < -0.4 is 16.4 Å². The number of ether oxygens (including phenoxy) is 1. The van der Waals surface area contributed by atoms with E-state index in [4.69, 9.17) is 10.5 Å². The van der Waals surface area contributed by atoms with Gasteiger partial charge in [-0.1, -0.05) is 54.6 Å². The van der Waals surface area contributed by atoms with Gasteiger partial charge in [0.15, 0.2) is 5.78 Å². The summed E-state index contributed by atoms with van der Waals surface area (Å²) < 4.78 is 5.43. The summed E-state index contributed by atoms with van der Waals surface area (Å²) >= 11 is 0. The molecule has 0 fully saturated rings. The number of fused-ring (bicyclic) bond motifs is 1. The fraction of sp³-hybridized carbons (Fsp3) is 0.343. The molecule has 10 nitrogen and oxygen atoms in total. The highest BCUT2D eigenvalue weighted by molar-refractivity contribution is 5.94. The summed E-state index contributed by atoms with van der Waals surface area (Å²) in [6, 6.07) is 20.5. The first-order chi connectivity index (χ1) is 21.5. The number of rotatable bonds is 14. The molecule has 45 heavy (non-hydrogen) atoms. The summed E-state index contributed by atoms with van der Waals surface area (Å²) in [5.41, 5.74) is 8.33. The summed E-state index contributed by atoms with van der Waals surface area (Å²) in [5.74, 6) is -2.31. The molecule has 0 radical (unpaired) electrons. The monoisotopic (exact) mass is 611 g/mol. The minimum atomic E-state index is -0.996. The van der Waals surface area contributed by atoms with Gasteiger partial charge < -0.3 is 26.1 Å². The maximum Gasteiger partial charge on any atom is 0.408 e. The highest BCUT2D eigenvalue weighted by Crippen LogP contribution is 2.21. The number of hydrogen-bond donors (Lipinski definition) is 4. The van der Waals surface area contributed by atoms with Crippen molar-refractivity contribution >= 4 is 34.6 Å². The van der Waals surface area contributed by atoms with Crippen LogP contribution >= 0.6 is 0 Å². The largest absolute Gasteiger partial charge is 0.444 e. The van der Waals surface area contributed by atoms with Crippen molar-refractivity contribution in [2.45, 2.75) is 70.6 Å². The third kappa shape index (κ3) is 10.0. The topological polar surface area (TPSA) is 156 Å². The Labute approximate surface area is 263 Å². The molecule has 0 aliphatic carbocycles. The number of primary amides is 1. The van der Waals surface area contributed by atoms with Gasteiger partial charge in [-0.2, -0.15) is 0 Å². The van der Waals surface area contributed by atoms with Gasteiger partial charge >= 0.3 is 6.09 Å². The van der Waals surface area contributed by atoms with Crippen LogP contribution in [0.5, 0.6) is 0 Å². The fourth-order valence-corrected chi connectivity index (χ4v) is 5.16. The molecular formula is C35H41N5O5. The first kappa shape index (κ1) is 32.9. The van der Waals surface area contributed by atoms with Gasteiger partial charge in [-0.3, -0.25) is 19.4 Å². The number of aromatic amines is 1. The smallest absolute Gasteiger partial charge is 0.408 e. The molecule has 0 aliphatic rings. The molecule has 0 saturated carbocycles. The van der Waals surface area contributed by atoms with Crippen molar-refractivity contribution in [1.29, 1.82) is 0 Å². The van der Waals surface area contributed by atoms with Crippen molar-refractivity contribution in [2.75, 3.05) is 0 Å². The molecule has 0 bridgehead atoms. The maximum atomic E-state index is 13.8. The summed E-state index contributed by atoms with van der Waals surface area (Å²) in [4.78, 5) is 60.4. The Morgan fingerprint density at radius 2 is 1.60 bits per heavy atom. The number of H-pyrrole nitrogens is 1. The van der Waals surface area contributed by atoms with Crippen molar-refractivity contribution in [3.63, 3.8) is 0 Å². The van der Waals surface area contributed by atoms with E-state index in [1.165, 1.54) is 0 Å². The van der Waals surface area contributed by atoms with Crippen LogP contribution in [0.15, 0.2) is 85.2 Å². The molecule has 0 aliphatic heterocycles. The first-order valence-electron chi connectivity index (χ1n) is 15.1. The van der Waals surface area contributed by atoms with Crippen molar-refractivity contribution in [3.05, 3.63) is 102 Å². The van der Waals surface area contributed by atoms with E-state index in [1.807, 2.05) is 66.7 Å². The summed E-state index contributed by atoms with van der Waals surface area (Å²) in [6.07, 6.45) is 3.69. The average molecular weight is 612 g/mol. The summed E-state index contributed by atoms with van der Waals surface area (Å²) in [5, 5.41) is 6.45. The third-order valence-corrected chi connectivity index (χ3v) is 7.41. The maximum absolute atomic E-state index is 13.8. The van der Waals surface area contributed by atoms with Crippen molar-refractivity contribution in [1.82, 2.24) is 20.6 Å². The van der Waals surface area contributed by atoms with E-state index in [9.17, 15) is 19.2 Å². The van der Waals surface area contributed by atoms with Crippen LogP contribution in [0.4, 0.5) is 4.79 Å². The van der Waals surface area contributed by atoms with Gasteiger partial charge in [0.2, 0.25) is 11.8 Å². The molecule has 0 saturated heterocycles. The van der Waals surface area contributed by atoms with Gasteiger partial charge in [-0.15, -0.1) is 0 Å². The molecule has 10 heteroatoms. The molecule has 4 aromatic rings. The SMILES string of the molecule is CC(C)(C)OC(=O)N[C@H](Cc1ccccc1)C(=O)C[C@@H](CCc1ccccn1)C(=O)N[C@@H](Cc1c[nH]c2ccccc12)C(N)=O. The number of hydrogen-bond acceptors (Lipinski definition) is 6. The number of carbonyl (C=O) groups excluding carboxylic acids is 4. The molecule has 0 unspecified atom stereocenters. The first-order valence-corrected chi connectivity index (χ1v) is 15.1. The standard InChI is InChI=1S/C35H41N5O5/c1-35(2,3)45-34(44)40-29(19-23-11-5-4-6-12-23)31(41)21-24(16-17-26-13-9-10-18-37-26)33(43)39-30(32(36)42)20-25-22-38-28-15-8-7-14-27(25)28/h4-15,18,22,24,29-30,38H,16-17,19-21H2,1-3H3,(H2,36,42)(H,39,43)(H,40,44)/t24-,29-,30+/m1/s1. The zero-order chi connectivity index (χ0) is 32.4. The lowest BCUT2D eigenvalue weighted by Crippen LogP contribution is -2.49. The highest BCUT2D eigenvalue weighted by Gasteiger charge is 2.31. The van der Waals surface area contributed by atoms with Gasteiger partial charge in [0.1, 0.15) is 11.6 Å². The molecule has 2 aromatic carbocycles. The second-order valence-electron chi connectivity index (χ2n) is 12.1. The van der Waals surface area contributed by atoms with Gasteiger partial charge in [-0.05, 0) is 69.4 Å². The van der Waals surface area contributed by atoms with Gasteiger partial charge in [-0.25, -0.2) is 4.79 Å². The number of nitrogens with one attached hydrogen (secondary N) is 3. The number of Topliss-reactive ketones (excluding diaryl/α,β-unsaturated/α-hetero) is 1. The van der Waals surface area contributed by atoms with Crippen LogP contribution in [0, 0.1) is 5.92 Å². The van der Waals surface area contributed by atoms with E-state index in [0.717, 1.165) is 27.7 Å². The number of carbonyl (C=O) groups is 4. The molecule has 5 N–H and O–H groups in total.